The highest BCUT2D eigenvalue weighted by atomic mass is 14.9. The molecule has 0 spiro atoms. The predicted octanol–water partition coefficient (Wildman–Crippen LogP) is 7.71. The largest absolute Gasteiger partial charge is 0.355 e. The molecule has 0 radical (unpaired) electrons. The maximum atomic E-state index is 3.63. The molecule has 0 bridgehead atoms. The van der Waals surface area contributed by atoms with Crippen LogP contribution < -0.4 is 5.32 Å². The first-order valence-electron chi connectivity index (χ1n) is 9.62. The number of hydrogen-bond acceptors (Lipinski definition) is 1. The smallest absolute Gasteiger partial charge is 0.0470 e. The van der Waals surface area contributed by atoms with Gasteiger partial charge in [0.1, 0.15) is 0 Å². The molecule has 5 aromatic rings. The lowest BCUT2D eigenvalue weighted by Gasteiger charge is -2.13. The molecule has 0 aliphatic rings. The Kier molecular flexibility index (Phi) is 4.06. The van der Waals surface area contributed by atoms with Crippen molar-refractivity contribution >= 4 is 32.9 Å². The third kappa shape index (κ3) is 3.01. The second-order valence-electron chi connectivity index (χ2n) is 7.26. The highest BCUT2D eigenvalue weighted by Gasteiger charge is 2.07. The third-order valence-electron chi connectivity index (χ3n) is 5.32. The highest BCUT2D eigenvalue weighted by molar-refractivity contribution is 6.13. The van der Waals surface area contributed by atoms with E-state index in [1.54, 1.807) is 0 Å². The second kappa shape index (κ2) is 6.86. The number of benzene rings is 5. The zero-order chi connectivity index (χ0) is 18.9. The standard InChI is InChI=1S/C27H21N/c1-19-10-12-20(13-11-19)21-14-16-23(17-15-21)28-27-18-22-6-2-3-7-24(22)25-8-4-5-9-26(25)27/h2-18,28H,1H3. The molecule has 0 aliphatic heterocycles. The Hall–Kier alpha value is -3.58. The lowest BCUT2D eigenvalue weighted by atomic mass is 10.00. The lowest BCUT2D eigenvalue weighted by molar-refractivity contribution is 1.47. The van der Waals surface area contributed by atoms with E-state index in [4.69, 9.17) is 0 Å². The van der Waals surface area contributed by atoms with E-state index in [-0.39, 0.29) is 0 Å². The normalized spacial score (nSPS) is 11.0. The van der Waals surface area contributed by atoms with Gasteiger partial charge in [-0.25, -0.2) is 0 Å². The number of rotatable bonds is 3. The maximum Gasteiger partial charge on any atom is 0.0470 e. The summed E-state index contributed by atoms with van der Waals surface area (Å²) in [7, 11) is 0. The quantitative estimate of drug-likeness (QED) is 0.325. The topological polar surface area (TPSA) is 12.0 Å². The molecule has 28 heavy (non-hydrogen) atoms. The first-order chi connectivity index (χ1) is 13.8. The lowest BCUT2D eigenvalue weighted by Crippen LogP contribution is -1.92. The van der Waals surface area contributed by atoms with Crippen LogP contribution in [0.4, 0.5) is 11.4 Å². The van der Waals surface area contributed by atoms with Gasteiger partial charge in [0.05, 0.1) is 0 Å². The highest BCUT2D eigenvalue weighted by Crippen LogP contribution is 2.34. The molecule has 1 nitrogen and oxygen atoms in total. The summed E-state index contributed by atoms with van der Waals surface area (Å²) >= 11 is 0. The minimum absolute atomic E-state index is 1.09. The number of anilines is 2. The van der Waals surface area contributed by atoms with Crippen molar-refractivity contribution in [2.45, 2.75) is 6.92 Å². The molecule has 0 amide bonds. The van der Waals surface area contributed by atoms with Crippen LogP contribution in [0.3, 0.4) is 0 Å². The van der Waals surface area contributed by atoms with E-state index in [2.05, 4.69) is 115 Å². The molecule has 5 rings (SSSR count). The van der Waals surface area contributed by atoms with Crippen LogP contribution >= 0.6 is 0 Å². The SMILES string of the molecule is Cc1ccc(-c2ccc(Nc3cc4ccccc4c4ccccc34)cc2)cc1. The van der Waals surface area contributed by atoms with Crippen LogP contribution in [0.1, 0.15) is 5.56 Å². The van der Waals surface area contributed by atoms with Gasteiger partial charge in [0.2, 0.25) is 0 Å². The second-order valence-corrected chi connectivity index (χ2v) is 7.26. The zero-order valence-electron chi connectivity index (χ0n) is 15.8. The Bertz CT molecular complexity index is 1270. The van der Waals surface area contributed by atoms with Gasteiger partial charge in [-0.15, -0.1) is 0 Å². The molecule has 134 valence electrons. The third-order valence-corrected chi connectivity index (χ3v) is 5.32. The van der Waals surface area contributed by atoms with Crippen LogP contribution in [-0.2, 0) is 0 Å². The summed E-state index contributed by atoms with van der Waals surface area (Å²) in [6.07, 6.45) is 0. The first kappa shape index (κ1) is 16.6. The molecular formula is C27H21N. The summed E-state index contributed by atoms with van der Waals surface area (Å²) in [6, 6.07) is 36.7. The summed E-state index contributed by atoms with van der Waals surface area (Å²) in [5.41, 5.74) is 5.99. The van der Waals surface area contributed by atoms with Crippen molar-refractivity contribution in [2.75, 3.05) is 5.32 Å². The Morgan fingerprint density at radius 1 is 0.536 bits per heavy atom. The monoisotopic (exact) mass is 359 g/mol. The van der Waals surface area contributed by atoms with Crippen molar-refractivity contribution < 1.29 is 0 Å². The molecule has 1 N–H and O–H groups in total. The molecule has 0 aromatic heterocycles. The van der Waals surface area contributed by atoms with Crippen molar-refractivity contribution in [1.82, 2.24) is 0 Å². The summed E-state index contributed by atoms with van der Waals surface area (Å²) in [4.78, 5) is 0. The van der Waals surface area contributed by atoms with Gasteiger partial charge in [0.15, 0.2) is 0 Å². The van der Waals surface area contributed by atoms with E-state index in [1.165, 1.54) is 38.2 Å². The summed E-state index contributed by atoms with van der Waals surface area (Å²) in [5.74, 6) is 0. The maximum absolute atomic E-state index is 3.63. The van der Waals surface area contributed by atoms with E-state index >= 15 is 0 Å². The van der Waals surface area contributed by atoms with E-state index in [0.717, 1.165) is 11.4 Å². The fourth-order valence-electron chi connectivity index (χ4n) is 3.81. The molecular weight excluding hydrogens is 338 g/mol. The number of aryl methyl sites for hydroxylation is 1. The van der Waals surface area contributed by atoms with Gasteiger partial charge in [-0.3, -0.25) is 0 Å². The molecule has 5 aromatic carbocycles. The molecule has 0 unspecified atom stereocenters. The van der Waals surface area contributed by atoms with Gasteiger partial charge in [-0.2, -0.15) is 0 Å². The molecule has 0 aliphatic carbocycles. The van der Waals surface area contributed by atoms with Crippen LogP contribution in [0.2, 0.25) is 0 Å². The fourth-order valence-corrected chi connectivity index (χ4v) is 3.81. The predicted molar refractivity (Wildman–Crippen MR) is 121 cm³/mol. The van der Waals surface area contributed by atoms with Crippen molar-refractivity contribution in [3.05, 3.63) is 109 Å². The molecule has 0 heterocycles. The van der Waals surface area contributed by atoms with Crippen molar-refractivity contribution in [3.8, 4) is 11.1 Å². The molecule has 0 fully saturated rings. The Labute approximate surface area is 165 Å². The van der Waals surface area contributed by atoms with E-state index in [9.17, 15) is 0 Å². The summed E-state index contributed by atoms with van der Waals surface area (Å²) in [6.45, 7) is 2.12. The average molecular weight is 359 g/mol. The van der Waals surface area contributed by atoms with Crippen LogP contribution in [-0.4, -0.2) is 0 Å². The van der Waals surface area contributed by atoms with Gasteiger partial charge >= 0.3 is 0 Å². The number of nitrogens with one attached hydrogen (secondary N) is 1. The van der Waals surface area contributed by atoms with Gasteiger partial charge in [-0.1, -0.05) is 90.5 Å². The molecule has 0 saturated carbocycles. The summed E-state index contributed by atoms with van der Waals surface area (Å²) in [5, 5.41) is 8.68. The van der Waals surface area contributed by atoms with Crippen molar-refractivity contribution in [1.29, 1.82) is 0 Å². The van der Waals surface area contributed by atoms with Crippen LogP contribution in [0.15, 0.2) is 103 Å². The van der Waals surface area contributed by atoms with E-state index in [1.807, 2.05) is 0 Å². The van der Waals surface area contributed by atoms with Gasteiger partial charge in [0, 0.05) is 16.8 Å². The van der Waals surface area contributed by atoms with Gasteiger partial charge in [0.25, 0.3) is 0 Å². The van der Waals surface area contributed by atoms with Gasteiger partial charge < -0.3 is 5.32 Å². The van der Waals surface area contributed by atoms with Gasteiger partial charge in [-0.05, 0) is 52.4 Å². The molecule has 0 saturated heterocycles. The molecule has 0 atom stereocenters. The Balaban J connectivity index is 1.53. The van der Waals surface area contributed by atoms with Crippen molar-refractivity contribution in [2.24, 2.45) is 0 Å². The number of hydrogen-bond donors (Lipinski definition) is 1. The van der Waals surface area contributed by atoms with Crippen LogP contribution in [0, 0.1) is 6.92 Å². The Morgan fingerprint density at radius 3 is 1.82 bits per heavy atom. The van der Waals surface area contributed by atoms with E-state index < -0.39 is 0 Å². The minimum atomic E-state index is 1.09. The minimum Gasteiger partial charge on any atom is -0.355 e. The number of fused-ring (bicyclic) bond motifs is 3. The Morgan fingerprint density at radius 2 is 1.11 bits per heavy atom. The fraction of sp³-hybridized carbons (Fsp3) is 0.0370. The zero-order valence-corrected chi connectivity index (χ0v) is 15.8. The summed E-state index contributed by atoms with van der Waals surface area (Å²) < 4.78 is 0. The van der Waals surface area contributed by atoms with Crippen molar-refractivity contribution in [3.63, 3.8) is 0 Å². The van der Waals surface area contributed by atoms with Crippen LogP contribution in [0.5, 0.6) is 0 Å². The van der Waals surface area contributed by atoms with Crippen LogP contribution in [0.25, 0.3) is 32.7 Å². The molecule has 1 heteroatoms. The average Bonchev–Trinajstić information content (AvgIpc) is 2.75. The van der Waals surface area contributed by atoms with E-state index in [0.29, 0.717) is 0 Å². The first-order valence-corrected chi connectivity index (χ1v) is 9.62.